The molecule has 2 rings (SSSR count). The highest BCUT2D eigenvalue weighted by Crippen LogP contribution is 2.25. The highest BCUT2D eigenvalue weighted by Gasteiger charge is 2.39. The summed E-state index contributed by atoms with van der Waals surface area (Å²) in [6.45, 7) is 2.15. The van der Waals surface area contributed by atoms with Crippen LogP contribution in [0.1, 0.15) is 32.6 Å². The number of amides is 2. The van der Waals surface area contributed by atoms with E-state index in [1.165, 1.54) is 12.1 Å². The molecule has 0 aliphatic carbocycles. The number of sulfonamides is 1. The number of carbonyl (C=O) groups excluding carboxylic acids is 3. The smallest absolute Gasteiger partial charge is 0.267 e. The first-order valence-corrected chi connectivity index (χ1v) is 11.2. The predicted molar refractivity (Wildman–Crippen MR) is 107 cm³/mol. The lowest BCUT2D eigenvalue weighted by Gasteiger charge is -2.29. The molecule has 0 radical (unpaired) electrons. The first-order chi connectivity index (χ1) is 13.1. The van der Waals surface area contributed by atoms with Gasteiger partial charge >= 0.3 is 0 Å². The summed E-state index contributed by atoms with van der Waals surface area (Å²) in [7, 11) is -4.24. The van der Waals surface area contributed by atoms with E-state index in [1.807, 2.05) is 0 Å². The van der Waals surface area contributed by atoms with E-state index in [0.717, 1.165) is 0 Å². The fourth-order valence-electron chi connectivity index (χ4n) is 2.95. The lowest BCUT2D eigenvalue weighted by Crippen LogP contribution is -2.49. The SMILES string of the molecule is CC(CCC(=O)N([C@H]1CCCNCC1=O)S(=O)(=O)c1ccc(Br)cc1)C(N)=O. The van der Waals surface area contributed by atoms with E-state index in [-0.39, 0.29) is 36.5 Å². The van der Waals surface area contributed by atoms with Crippen LogP contribution in [0.3, 0.4) is 0 Å². The van der Waals surface area contributed by atoms with E-state index >= 15 is 0 Å². The number of hydrogen-bond acceptors (Lipinski definition) is 6. The Hall–Kier alpha value is -1.78. The number of ketones is 1. The first-order valence-electron chi connectivity index (χ1n) is 9.00. The average molecular weight is 474 g/mol. The van der Waals surface area contributed by atoms with Crippen molar-refractivity contribution >= 4 is 43.6 Å². The highest BCUT2D eigenvalue weighted by atomic mass is 79.9. The van der Waals surface area contributed by atoms with Crippen molar-refractivity contribution in [3.8, 4) is 0 Å². The standard InChI is InChI=1S/C18H24BrN3O5S/c1-12(18(20)25)4-9-17(24)22(15-3-2-10-21-11-16(15)23)28(26,27)14-7-5-13(19)6-8-14/h5-8,12,15,21H,2-4,9-11H2,1H3,(H2,20,25)/t12?,15-/m0/s1. The van der Waals surface area contributed by atoms with Crippen molar-refractivity contribution in [2.75, 3.05) is 13.1 Å². The highest BCUT2D eigenvalue weighted by molar-refractivity contribution is 9.10. The van der Waals surface area contributed by atoms with Gasteiger partial charge in [0.1, 0.15) is 6.04 Å². The molecule has 1 saturated heterocycles. The van der Waals surface area contributed by atoms with Crippen LogP contribution in [0.2, 0.25) is 0 Å². The molecule has 1 aliphatic heterocycles. The van der Waals surface area contributed by atoms with Crippen LogP contribution < -0.4 is 11.1 Å². The average Bonchev–Trinajstić information content (AvgIpc) is 2.84. The Morgan fingerprint density at radius 1 is 1.32 bits per heavy atom. The Bertz CT molecular complexity index is 841. The molecule has 1 fully saturated rings. The number of rotatable bonds is 7. The summed E-state index contributed by atoms with van der Waals surface area (Å²) in [6, 6.07) is 4.80. The number of carbonyl (C=O) groups is 3. The maximum atomic E-state index is 13.2. The zero-order chi connectivity index (χ0) is 20.9. The van der Waals surface area contributed by atoms with Gasteiger partial charge in [0, 0.05) is 16.8 Å². The predicted octanol–water partition coefficient (Wildman–Crippen LogP) is 1.19. The van der Waals surface area contributed by atoms with Gasteiger partial charge in [-0.1, -0.05) is 22.9 Å². The summed E-state index contributed by atoms with van der Waals surface area (Å²) in [5, 5.41) is 2.93. The van der Waals surface area contributed by atoms with Crippen molar-refractivity contribution < 1.29 is 22.8 Å². The molecule has 3 N–H and O–H groups in total. The number of Topliss-reactive ketones (excluding diaryl/α,β-unsaturated/α-hetero) is 1. The quantitative estimate of drug-likeness (QED) is 0.612. The first kappa shape index (κ1) is 22.5. The molecule has 0 aromatic heterocycles. The van der Waals surface area contributed by atoms with Crippen molar-refractivity contribution in [2.24, 2.45) is 11.7 Å². The third kappa shape index (κ3) is 5.39. The third-order valence-electron chi connectivity index (χ3n) is 4.68. The molecule has 10 heteroatoms. The molecule has 154 valence electrons. The van der Waals surface area contributed by atoms with Gasteiger partial charge in [0.05, 0.1) is 11.4 Å². The second-order valence-corrected chi connectivity index (χ2v) is 9.52. The van der Waals surface area contributed by atoms with Crippen molar-refractivity contribution in [3.05, 3.63) is 28.7 Å². The fraction of sp³-hybridized carbons (Fsp3) is 0.500. The molecular formula is C18H24BrN3O5S. The van der Waals surface area contributed by atoms with Gasteiger partial charge in [0.15, 0.2) is 5.78 Å². The van der Waals surface area contributed by atoms with Crippen LogP contribution in [0.4, 0.5) is 0 Å². The Balaban J connectivity index is 2.39. The lowest BCUT2D eigenvalue weighted by atomic mass is 10.0. The maximum absolute atomic E-state index is 13.2. The zero-order valence-electron chi connectivity index (χ0n) is 15.6. The van der Waals surface area contributed by atoms with E-state index in [4.69, 9.17) is 5.73 Å². The van der Waals surface area contributed by atoms with Crippen molar-refractivity contribution in [2.45, 2.75) is 43.5 Å². The summed E-state index contributed by atoms with van der Waals surface area (Å²) in [5.74, 6) is -2.21. The minimum atomic E-state index is -4.24. The van der Waals surface area contributed by atoms with E-state index < -0.39 is 33.8 Å². The molecule has 1 aromatic carbocycles. The Morgan fingerprint density at radius 2 is 1.96 bits per heavy atom. The Labute approximate surface area is 173 Å². The van der Waals surface area contributed by atoms with Gasteiger partial charge < -0.3 is 11.1 Å². The van der Waals surface area contributed by atoms with Gasteiger partial charge in [-0.2, -0.15) is 0 Å². The molecule has 0 spiro atoms. The Kier molecular flexibility index (Phi) is 7.73. The van der Waals surface area contributed by atoms with Crippen LogP contribution in [0, 0.1) is 5.92 Å². The molecule has 1 unspecified atom stereocenters. The second kappa shape index (κ2) is 9.62. The van der Waals surface area contributed by atoms with Gasteiger partial charge in [0.25, 0.3) is 10.0 Å². The van der Waals surface area contributed by atoms with Gasteiger partial charge in [-0.25, -0.2) is 12.7 Å². The van der Waals surface area contributed by atoms with Crippen LogP contribution in [0.25, 0.3) is 0 Å². The number of halogens is 1. The number of nitrogens with one attached hydrogen (secondary N) is 1. The molecule has 1 aromatic rings. The largest absolute Gasteiger partial charge is 0.369 e. The molecule has 0 saturated carbocycles. The minimum Gasteiger partial charge on any atom is -0.369 e. The van der Waals surface area contributed by atoms with E-state index in [9.17, 15) is 22.8 Å². The normalized spacial score (nSPS) is 18.9. The zero-order valence-corrected chi connectivity index (χ0v) is 18.0. The third-order valence-corrected chi connectivity index (χ3v) is 7.05. The van der Waals surface area contributed by atoms with Crippen LogP contribution in [0.5, 0.6) is 0 Å². The van der Waals surface area contributed by atoms with Gasteiger partial charge in [-0.15, -0.1) is 0 Å². The van der Waals surface area contributed by atoms with Crippen molar-refractivity contribution in [1.82, 2.24) is 9.62 Å². The van der Waals surface area contributed by atoms with Crippen molar-refractivity contribution in [3.63, 3.8) is 0 Å². The maximum Gasteiger partial charge on any atom is 0.267 e. The summed E-state index contributed by atoms with van der Waals surface area (Å²) >= 11 is 3.25. The molecule has 8 nitrogen and oxygen atoms in total. The summed E-state index contributed by atoms with van der Waals surface area (Å²) in [5.41, 5.74) is 5.23. The number of primary amides is 1. The van der Waals surface area contributed by atoms with Gasteiger partial charge in [0.2, 0.25) is 11.8 Å². The summed E-state index contributed by atoms with van der Waals surface area (Å²) in [4.78, 5) is 36.6. The molecule has 0 bridgehead atoms. The molecule has 1 aliphatic rings. The Morgan fingerprint density at radius 3 is 2.57 bits per heavy atom. The number of nitrogens with two attached hydrogens (primary N) is 1. The summed E-state index contributed by atoms with van der Waals surface area (Å²) < 4.78 is 27.9. The van der Waals surface area contributed by atoms with Crippen molar-refractivity contribution in [1.29, 1.82) is 0 Å². The summed E-state index contributed by atoms with van der Waals surface area (Å²) in [6.07, 6.45) is 0.725. The topological polar surface area (TPSA) is 127 Å². The van der Waals surface area contributed by atoms with E-state index in [0.29, 0.717) is 21.7 Å². The number of benzene rings is 1. The second-order valence-electron chi connectivity index (χ2n) is 6.79. The monoisotopic (exact) mass is 473 g/mol. The fourth-order valence-corrected chi connectivity index (χ4v) is 4.84. The van der Waals surface area contributed by atoms with E-state index in [1.54, 1.807) is 19.1 Å². The minimum absolute atomic E-state index is 0.00198. The van der Waals surface area contributed by atoms with E-state index in [2.05, 4.69) is 21.2 Å². The van der Waals surface area contributed by atoms with Gasteiger partial charge in [-0.05, 0) is 50.1 Å². The van der Waals surface area contributed by atoms with Crippen LogP contribution >= 0.6 is 15.9 Å². The molecule has 28 heavy (non-hydrogen) atoms. The number of nitrogens with zero attached hydrogens (tertiary/aromatic N) is 1. The lowest BCUT2D eigenvalue weighted by molar-refractivity contribution is -0.134. The van der Waals surface area contributed by atoms with Crippen LogP contribution in [-0.4, -0.2) is 49.5 Å². The molecule has 2 atom stereocenters. The molecule has 2 amide bonds. The van der Waals surface area contributed by atoms with Gasteiger partial charge in [-0.3, -0.25) is 14.4 Å². The van der Waals surface area contributed by atoms with Crippen LogP contribution in [-0.2, 0) is 24.4 Å². The molecule has 1 heterocycles. The molecular weight excluding hydrogens is 450 g/mol. The van der Waals surface area contributed by atoms with Crippen LogP contribution in [0.15, 0.2) is 33.6 Å². The number of hydrogen-bond donors (Lipinski definition) is 2.